The van der Waals surface area contributed by atoms with Crippen molar-refractivity contribution in [3.8, 4) is 22.5 Å². The van der Waals surface area contributed by atoms with E-state index in [0.717, 1.165) is 114 Å². The van der Waals surface area contributed by atoms with Crippen molar-refractivity contribution >= 4 is 74.1 Å². The number of halogens is 3. The number of benzene rings is 2. The predicted octanol–water partition coefficient (Wildman–Crippen LogP) is 8.91. The van der Waals surface area contributed by atoms with Crippen molar-refractivity contribution in [3.63, 3.8) is 0 Å². The van der Waals surface area contributed by atoms with Crippen molar-refractivity contribution in [1.82, 2.24) is 45.2 Å². The average molecular weight is 890 g/mol. The molecule has 63 heavy (non-hydrogen) atoms. The Hall–Kier alpha value is -6.95. The molecule has 2 aromatic carbocycles. The lowest BCUT2D eigenvalue weighted by Gasteiger charge is -2.34. The SMILES string of the molecule is Clc1cnc(N[C@@H]2CCCNC2)nc1-c1c[nH]c2ccccc12.Nc1ccc(N2CCC[C@@H](Nc3ncc(Cl)c(-c4c[nH]c5ccccc45)n3)C2)nc1.O=[N+]([O-])c1ccc(F)nc1. The molecule has 19 heteroatoms. The molecule has 10 rings (SSSR count). The molecule has 6 aromatic heterocycles. The Bertz CT molecular complexity index is 2800. The number of para-hydroxylation sites is 2. The van der Waals surface area contributed by atoms with Gasteiger partial charge in [-0.2, -0.15) is 4.39 Å². The summed E-state index contributed by atoms with van der Waals surface area (Å²) in [6, 6.07) is 22.7. The van der Waals surface area contributed by atoms with Crippen LogP contribution in [0.15, 0.2) is 110 Å². The molecule has 0 bridgehead atoms. The van der Waals surface area contributed by atoms with Gasteiger partial charge in [0.2, 0.25) is 17.8 Å². The van der Waals surface area contributed by atoms with Crippen LogP contribution in [0.1, 0.15) is 25.7 Å². The first-order valence-corrected chi connectivity index (χ1v) is 21.1. The van der Waals surface area contributed by atoms with Crippen molar-refractivity contribution in [1.29, 1.82) is 0 Å². The van der Waals surface area contributed by atoms with E-state index in [1.807, 2.05) is 60.9 Å². The molecule has 322 valence electrons. The fourth-order valence-electron chi connectivity index (χ4n) is 7.49. The monoisotopic (exact) mass is 888 g/mol. The molecule has 2 saturated heterocycles. The quantitative estimate of drug-likeness (QED) is 0.0478. The van der Waals surface area contributed by atoms with Crippen LogP contribution in [-0.2, 0) is 0 Å². The first-order chi connectivity index (χ1) is 30.7. The summed E-state index contributed by atoms with van der Waals surface area (Å²) in [5.41, 5.74) is 11.8. The molecule has 0 radical (unpaired) electrons. The van der Waals surface area contributed by atoms with Crippen LogP contribution in [0.4, 0.5) is 33.5 Å². The number of rotatable bonds is 8. The van der Waals surface area contributed by atoms with Crippen molar-refractivity contribution in [3.05, 3.63) is 136 Å². The zero-order valence-electron chi connectivity index (χ0n) is 33.8. The van der Waals surface area contributed by atoms with Crippen molar-refractivity contribution in [2.75, 3.05) is 47.4 Å². The first kappa shape index (κ1) is 42.7. The Balaban J connectivity index is 0.000000145. The van der Waals surface area contributed by atoms with Gasteiger partial charge in [0.05, 0.1) is 50.6 Å². The van der Waals surface area contributed by atoms with Gasteiger partial charge >= 0.3 is 0 Å². The number of aromatic nitrogens is 8. The van der Waals surface area contributed by atoms with Gasteiger partial charge in [0.15, 0.2) is 0 Å². The van der Waals surface area contributed by atoms with E-state index < -0.39 is 10.9 Å². The molecule has 2 aliphatic heterocycles. The summed E-state index contributed by atoms with van der Waals surface area (Å²) in [5, 5.41) is 23.5. The highest BCUT2D eigenvalue weighted by Gasteiger charge is 2.23. The van der Waals surface area contributed by atoms with Crippen LogP contribution in [0, 0.1) is 16.1 Å². The van der Waals surface area contributed by atoms with Gasteiger partial charge in [0, 0.05) is 83.1 Å². The van der Waals surface area contributed by atoms with Crippen LogP contribution in [0.25, 0.3) is 44.3 Å². The lowest BCUT2D eigenvalue weighted by molar-refractivity contribution is -0.385. The fraction of sp³-hybridized carbons (Fsp3) is 0.227. The van der Waals surface area contributed by atoms with Crippen LogP contribution >= 0.6 is 23.2 Å². The lowest BCUT2D eigenvalue weighted by atomic mass is 10.1. The first-order valence-electron chi connectivity index (χ1n) is 20.3. The highest BCUT2D eigenvalue weighted by atomic mass is 35.5. The van der Waals surface area contributed by atoms with Crippen molar-refractivity contribution in [2.45, 2.75) is 37.8 Å². The molecule has 8 heterocycles. The van der Waals surface area contributed by atoms with Gasteiger partial charge in [-0.05, 0) is 62.6 Å². The maximum Gasteiger partial charge on any atom is 0.287 e. The third-order valence-electron chi connectivity index (χ3n) is 10.6. The third kappa shape index (κ3) is 10.6. The van der Waals surface area contributed by atoms with Crippen LogP contribution in [-0.4, -0.2) is 83.1 Å². The van der Waals surface area contributed by atoms with E-state index in [1.165, 1.54) is 6.42 Å². The zero-order chi connectivity index (χ0) is 43.7. The highest BCUT2D eigenvalue weighted by molar-refractivity contribution is 6.33. The van der Waals surface area contributed by atoms with Gasteiger partial charge < -0.3 is 36.6 Å². The number of hydrogen-bond donors (Lipinski definition) is 6. The second-order valence-corrected chi connectivity index (χ2v) is 15.8. The predicted molar refractivity (Wildman–Crippen MR) is 247 cm³/mol. The summed E-state index contributed by atoms with van der Waals surface area (Å²) in [5.74, 6) is 1.43. The maximum atomic E-state index is 12.0. The molecular weight excluding hydrogens is 846 g/mol. The largest absolute Gasteiger partial charge is 0.397 e. The molecule has 0 spiro atoms. The smallest absolute Gasteiger partial charge is 0.287 e. The summed E-state index contributed by atoms with van der Waals surface area (Å²) < 4.78 is 12.0. The number of anilines is 4. The second kappa shape index (κ2) is 19.8. The molecule has 8 aromatic rings. The number of pyridine rings is 2. The molecule has 0 unspecified atom stereocenters. The molecule has 16 nitrogen and oxygen atoms in total. The average Bonchev–Trinajstić information content (AvgIpc) is 3.94. The van der Waals surface area contributed by atoms with E-state index in [-0.39, 0.29) is 11.7 Å². The summed E-state index contributed by atoms with van der Waals surface area (Å²) in [6.45, 7) is 3.82. The van der Waals surface area contributed by atoms with Crippen LogP contribution in [0.3, 0.4) is 0 Å². The van der Waals surface area contributed by atoms with Crippen LogP contribution < -0.4 is 26.6 Å². The molecule has 0 amide bonds. The Kier molecular flexibility index (Phi) is 13.5. The third-order valence-corrected chi connectivity index (χ3v) is 11.1. The van der Waals surface area contributed by atoms with E-state index in [4.69, 9.17) is 33.9 Å². The topological polar surface area (TPSA) is 217 Å². The minimum absolute atomic E-state index is 0.207. The number of nitro groups is 1. The molecule has 0 saturated carbocycles. The summed E-state index contributed by atoms with van der Waals surface area (Å²) in [6.07, 6.45) is 14.2. The van der Waals surface area contributed by atoms with Crippen molar-refractivity contribution in [2.24, 2.45) is 0 Å². The Labute approximate surface area is 371 Å². The number of nitrogens with one attached hydrogen (secondary N) is 5. The summed E-state index contributed by atoms with van der Waals surface area (Å²) >= 11 is 12.8. The fourth-order valence-corrected chi connectivity index (χ4v) is 7.88. The zero-order valence-corrected chi connectivity index (χ0v) is 35.3. The number of fused-ring (bicyclic) bond motifs is 2. The van der Waals surface area contributed by atoms with Gasteiger partial charge in [0.1, 0.15) is 12.0 Å². The number of nitrogens with two attached hydrogens (primary N) is 1. The Morgan fingerprint density at radius 2 is 1.37 bits per heavy atom. The van der Waals surface area contributed by atoms with E-state index in [0.29, 0.717) is 33.7 Å². The Morgan fingerprint density at radius 1 is 0.746 bits per heavy atom. The summed E-state index contributed by atoms with van der Waals surface area (Å²) in [4.78, 5) is 43.8. The lowest BCUT2D eigenvalue weighted by Crippen LogP contribution is -2.42. The van der Waals surface area contributed by atoms with E-state index >= 15 is 0 Å². The van der Waals surface area contributed by atoms with Gasteiger partial charge in [-0.25, -0.2) is 29.9 Å². The Morgan fingerprint density at radius 3 is 1.92 bits per heavy atom. The number of aromatic amines is 2. The number of nitrogens with zero attached hydrogens (tertiary/aromatic N) is 8. The van der Waals surface area contributed by atoms with Crippen LogP contribution in [0.5, 0.6) is 0 Å². The van der Waals surface area contributed by atoms with Gasteiger partial charge in [-0.1, -0.05) is 59.6 Å². The van der Waals surface area contributed by atoms with E-state index in [2.05, 4.69) is 67.9 Å². The van der Waals surface area contributed by atoms with Gasteiger partial charge in [0.25, 0.3) is 5.69 Å². The van der Waals surface area contributed by atoms with Crippen molar-refractivity contribution < 1.29 is 9.31 Å². The van der Waals surface area contributed by atoms with Gasteiger partial charge in [-0.3, -0.25) is 10.1 Å². The number of H-pyrrole nitrogens is 2. The number of piperidine rings is 2. The molecule has 2 fully saturated rings. The molecule has 2 aliphatic rings. The number of hydrogen-bond acceptors (Lipinski definition) is 13. The molecule has 7 N–H and O–H groups in total. The van der Waals surface area contributed by atoms with E-state index in [1.54, 1.807) is 18.6 Å². The van der Waals surface area contributed by atoms with Gasteiger partial charge in [-0.15, -0.1) is 0 Å². The second-order valence-electron chi connectivity index (χ2n) is 14.9. The molecule has 2 atom stereocenters. The summed E-state index contributed by atoms with van der Waals surface area (Å²) in [7, 11) is 0. The minimum Gasteiger partial charge on any atom is -0.397 e. The minimum atomic E-state index is -0.717. The standard InChI is InChI=1S/C22H22ClN7.C17H18ClN5.C5H3FN2O2/c23-18-12-27-22(29-21(18)17-11-25-19-6-2-1-5-16(17)19)28-15-4-3-9-30(13-15)20-8-7-14(24)10-26-20;18-14-10-21-17(22-11-4-3-7-19-8-11)23-16(14)13-9-20-15-6-2-1-5-12(13)15;6-5-2-1-4(3-7-5)8(9)10/h1-2,5-8,10-12,15,25H,3-4,9,13,24H2,(H,27,28,29);1-2,5-6,9-11,19-20H,3-4,7-8H2,(H,21,22,23);1-3H/t15-;11-;/m11./s1. The van der Waals surface area contributed by atoms with E-state index in [9.17, 15) is 14.5 Å². The normalized spacial score (nSPS) is 16.1. The maximum absolute atomic E-state index is 12.0. The van der Waals surface area contributed by atoms with Crippen LogP contribution in [0.2, 0.25) is 10.0 Å². The molecular formula is C44H43Cl2FN14O2. The number of nitrogen functional groups attached to an aromatic ring is 1. The highest BCUT2D eigenvalue weighted by Crippen LogP contribution is 2.34. The molecule has 0 aliphatic carbocycles.